The lowest BCUT2D eigenvalue weighted by Gasteiger charge is -2.30. The lowest BCUT2D eigenvalue weighted by atomic mass is 9.96. The first-order valence-electron chi connectivity index (χ1n) is 13.4. The predicted octanol–water partition coefficient (Wildman–Crippen LogP) is 5.75. The second kappa shape index (κ2) is 14.5. The minimum Gasteiger partial charge on any atom is -0.497 e. The maximum absolute atomic E-state index is 11.9. The first-order chi connectivity index (χ1) is 18.3. The highest BCUT2D eigenvalue weighted by Crippen LogP contribution is 2.19. The Kier molecular flexibility index (Phi) is 11.1. The fourth-order valence-electron chi connectivity index (χ4n) is 4.33. The molecule has 0 saturated heterocycles. The van der Waals surface area contributed by atoms with Gasteiger partial charge in [-0.3, -0.25) is 9.97 Å². The second-order valence-electron chi connectivity index (χ2n) is 10.5. The summed E-state index contributed by atoms with van der Waals surface area (Å²) in [5.41, 5.74) is 5.83. The zero-order chi connectivity index (χ0) is 27.4. The van der Waals surface area contributed by atoms with Crippen LogP contribution in [0.4, 0.5) is 4.79 Å². The molecule has 1 N–H and O–H groups in total. The summed E-state index contributed by atoms with van der Waals surface area (Å²) < 4.78 is 10.4. The molecule has 0 atom stereocenters. The lowest BCUT2D eigenvalue weighted by molar-refractivity contribution is 0.0222. The van der Waals surface area contributed by atoms with Crippen molar-refractivity contribution >= 4 is 6.09 Å². The Bertz CT molecular complexity index is 1120. The van der Waals surface area contributed by atoms with Crippen LogP contribution in [0, 0.1) is 0 Å². The Morgan fingerprint density at radius 3 is 2.16 bits per heavy atom. The number of pyridine rings is 2. The third kappa shape index (κ3) is 9.45. The molecule has 0 spiro atoms. The highest BCUT2D eigenvalue weighted by molar-refractivity contribution is 5.68. The van der Waals surface area contributed by atoms with Crippen molar-refractivity contribution in [2.45, 2.75) is 71.6 Å². The molecule has 1 aromatic carbocycles. The van der Waals surface area contributed by atoms with Gasteiger partial charge in [-0.25, -0.2) is 4.79 Å². The van der Waals surface area contributed by atoms with E-state index in [0.717, 1.165) is 30.0 Å². The molecule has 0 fully saturated rings. The molecular formula is C31H42N4O3. The van der Waals surface area contributed by atoms with Gasteiger partial charge in [0.25, 0.3) is 0 Å². The Balaban J connectivity index is 0.000000166. The van der Waals surface area contributed by atoms with E-state index in [9.17, 15) is 4.79 Å². The van der Waals surface area contributed by atoms with Gasteiger partial charge in [-0.1, -0.05) is 24.3 Å². The zero-order valence-corrected chi connectivity index (χ0v) is 23.5. The summed E-state index contributed by atoms with van der Waals surface area (Å²) >= 11 is 0. The molecule has 7 nitrogen and oxygen atoms in total. The number of ether oxygens (including phenoxy) is 2. The molecule has 1 amide bonds. The number of hydrogen-bond donors (Lipinski definition) is 1. The molecule has 38 heavy (non-hydrogen) atoms. The number of benzene rings is 1. The van der Waals surface area contributed by atoms with E-state index >= 15 is 0 Å². The van der Waals surface area contributed by atoms with Crippen LogP contribution in [0.2, 0.25) is 0 Å². The average Bonchev–Trinajstić information content (AvgIpc) is 2.93. The maximum atomic E-state index is 11.9. The molecule has 0 bridgehead atoms. The molecule has 3 aromatic rings. The van der Waals surface area contributed by atoms with Crippen LogP contribution in [0.1, 0.15) is 61.7 Å². The third-order valence-corrected chi connectivity index (χ3v) is 6.25. The van der Waals surface area contributed by atoms with Crippen LogP contribution < -0.4 is 10.1 Å². The normalized spacial score (nSPS) is 14.0. The fraction of sp³-hybridized carbons (Fsp3) is 0.452. The van der Waals surface area contributed by atoms with Gasteiger partial charge in [0, 0.05) is 43.3 Å². The summed E-state index contributed by atoms with van der Waals surface area (Å²) in [5.74, 6) is 0.907. The van der Waals surface area contributed by atoms with Gasteiger partial charge >= 0.3 is 6.09 Å². The van der Waals surface area contributed by atoms with Crippen LogP contribution in [0.5, 0.6) is 5.75 Å². The van der Waals surface area contributed by atoms with Crippen LogP contribution in [-0.4, -0.2) is 47.3 Å². The Hall–Kier alpha value is -3.45. The molecule has 0 saturated carbocycles. The first kappa shape index (κ1) is 29.1. The fourth-order valence-corrected chi connectivity index (χ4v) is 4.33. The van der Waals surface area contributed by atoms with Crippen molar-refractivity contribution < 1.29 is 14.3 Å². The highest BCUT2D eigenvalue weighted by atomic mass is 16.6. The zero-order valence-electron chi connectivity index (χ0n) is 23.5. The number of nitrogens with zero attached hydrogens (tertiary/aromatic N) is 3. The summed E-state index contributed by atoms with van der Waals surface area (Å²) in [5, 5.41) is 3.08. The number of fused-ring (bicyclic) bond motifs is 2. The largest absolute Gasteiger partial charge is 0.497 e. The third-order valence-electron chi connectivity index (χ3n) is 6.25. The van der Waals surface area contributed by atoms with Crippen molar-refractivity contribution in [3.05, 3.63) is 89.0 Å². The van der Waals surface area contributed by atoms with Crippen molar-refractivity contribution in [2.24, 2.45) is 0 Å². The summed E-state index contributed by atoms with van der Waals surface area (Å²) in [6.45, 7) is 7.82. The van der Waals surface area contributed by atoms with Crippen LogP contribution >= 0.6 is 0 Å². The SMILES string of the molecule is CC(C)(C)OC(=O)N1CCc2ncccc2C1.CNCc1ccc(OC)cc1.c1cnc2c(c1)CCCC2. The monoisotopic (exact) mass is 518 g/mol. The van der Waals surface area contributed by atoms with Gasteiger partial charge in [-0.05, 0) is 94.5 Å². The van der Waals surface area contributed by atoms with Crippen LogP contribution in [-0.2, 0) is 37.1 Å². The number of carbonyl (C=O) groups excluding carboxylic acids is 1. The van der Waals surface area contributed by atoms with Gasteiger partial charge in [0.15, 0.2) is 0 Å². The molecular weight excluding hydrogens is 476 g/mol. The van der Waals surface area contributed by atoms with Gasteiger partial charge in [0.1, 0.15) is 11.4 Å². The lowest BCUT2D eigenvalue weighted by Crippen LogP contribution is -2.40. The molecule has 1 aliphatic carbocycles. The molecule has 2 aromatic heterocycles. The molecule has 0 unspecified atom stereocenters. The summed E-state index contributed by atoms with van der Waals surface area (Å²) in [4.78, 5) is 22.3. The number of methoxy groups -OCH3 is 1. The highest BCUT2D eigenvalue weighted by Gasteiger charge is 2.25. The summed E-state index contributed by atoms with van der Waals surface area (Å²) in [6, 6.07) is 16.2. The van der Waals surface area contributed by atoms with E-state index in [2.05, 4.69) is 33.5 Å². The van der Waals surface area contributed by atoms with Gasteiger partial charge in [-0.15, -0.1) is 0 Å². The van der Waals surface area contributed by atoms with E-state index in [4.69, 9.17) is 9.47 Å². The van der Waals surface area contributed by atoms with E-state index < -0.39 is 5.60 Å². The number of amides is 1. The Labute approximate surface area is 227 Å². The van der Waals surface area contributed by atoms with Gasteiger partial charge in [0.2, 0.25) is 0 Å². The molecule has 5 rings (SSSR count). The molecule has 2 aliphatic rings. The van der Waals surface area contributed by atoms with Gasteiger partial charge in [0.05, 0.1) is 13.7 Å². The average molecular weight is 519 g/mol. The van der Waals surface area contributed by atoms with Crippen LogP contribution in [0.15, 0.2) is 60.9 Å². The topological polar surface area (TPSA) is 76.6 Å². The molecule has 204 valence electrons. The number of carbonyl (C=O) groups is 1. The van der Waals surface area contributed by atoms with Gasteiger partial charge < -0.3 is 19.7 Å². The minimum atomic E-state index is -0.438. The standard InChI is InChI=1S/C13H18N2O2.C9H13NO.C9H11N/c1-13(2,3)17-12(16)15-8-6-11-10(9-15)5-4-7-14-11;1-10-7-8-3-5-9(11-2)6-4-8;1-2-6-9-8(4-1)5-3-7-10-9/h4-5,7H,6,8-9H2,1-3H3;3-6,10H,7H2,1-2H3;3,5,7H,1-2,4,6H2. The van der Waals surface area contributed by atoms with E-state index in [0.29, 0.717) is 13.1 Å². The number of nitrogens with one attached hydrogen (secondary N) is 1. The van der Waals surface area contributed by atoms with Crippen LogP contribution in [0.25, 0.3) is 0 Å². The number of aryl methyl sites for hydroxylation is 2. The van der Waals surface area contributed by atoms with E-state index in [1.807, 2.05) is 64.3 Å². The van der Waals surface area contributed by atoms with Crippen LogP contribution in [0.3, 0.4) is 0 Å². The van der Waals surface area contributed by atoms with Crippen molar-refractivity contribution in [1.82, 2.24) is 20.2 Å². The predicted molar refractivity (Wildman–Crippen MR) is 151 cm³/mol. The molecule has 1 aliphatic heterocycles. The number of hydrogen-bond acceptors (Lipinski definition) is 6. The van der Waals surface area contributed by atoms with Crippen molar-refractivity contribution in [2.75, 3.05) is 20.7 Å². The van der Waals surface area contributed by atoms with Crippen molar-refractivity contribution in [1.29, 1.82) is 0 Å². The second-order valence-corrected chi connectivity index (χ2v) is 10.5. The smallest absolute Gasteiger partial charge is 0.410 e. The Morgan fingerprint density at radius 1 is 0.921 bits per heavy atom. The number of aromatic nitrogens is 2. The van der Waals surface area contributed by atoms with Crippen molar-refractivity contribution in [3.63, 3.8) is 0 Å². The quantitative estimate of drug-likeness (QED) is 0.476. The molecule has 7 heteroatoms. The minimum absolute atomic E-state index is 0.244. The maximum Gasteiger partial charge on any atom is 0.410 e. The van der Waals surface area contributed by atoms with E-state index in [-0.39, 0.29) is 6.09 Å². The summed E-state index contributed by atoms with van der Waals surface area (Å²) in [7, 11) is 3.61. The number of rotatable bonds is 3. The van der Waals surface area contributed by atoms with Gasteiger partial charge in [-0.2, -0.15) is 0 Å². The van der Waals surface area contributed by atoms with E-state index in [1.165, 1.54) is 42.5 Å². The van der Waals surface area contributed by atoms with Crippen molar-refractivity contribution in [3.8, 4) is 5.75 Å². The summed E-state index contributed by atoms with van der Waals surface area (Å²) in [6.07, 6.45) is 9.34. The molecule has 0 radical (unpaired) electrons. The first-order valence-corrected chi connectivity index (χ1v) is 13.4. The molecule has 3 heterocycles. The Morgan fingerprint density at radius 2 is 1.55 bits per heavy atom. The van der Waals surface area contributed by atoms with E-state index in [1.54, 1.807) is 18.2 Å².